The van der Waals surface area contributed by atoms with E-state index in [0.29, 0.717) is 115 Å². The lowest BCUT2D eigenvalue weighted by Gasteiger charge is -2.44. The number of benzene rings is 10. The van der Waals surface area contributed by atoms with E-state index in [1.54, 1.807) is 0 Å². The molecular weight excluding hydrogens is 1650 g/mol. The number of phenols is 25. The molecule has 1 saturated heterocycles. The van der Waals surface area contributed by atoms with Crippen LogP contribution in [0.1, 0.15) is 104 Å². The second kappa shape index (κ2) is 33.4. The third-order valence-electron chi connectivity index (χ3n) is 16.9. The Morgan fingerprint density at radius 2 is 0.451 bits per heavy atom. The van der Waals surface area contributed by atoms with E-state index in [9.17, 15) is 156 Å². The predicted octanol–water partition coefficient (Wildman–Crippen LogP) is 4.84. The average Bonchev–Trinajstić information content (AvgIpc) is 0.760. The number of esters is 10. The van der Waals surface area contributed by atoms with Crippen LogP contribution in [0.3, 0.4) is 0 Å². The van der Waals surface area contributed by atoms with Crippen LogP contribution in [-0.4, -0.2) is 225 Å². The first-order chi connectivity index (χ1) is 57.4. The van der Waals surface area contributed by atoms with Gasteiger partial charge in [-0.1, -0.05) is 0 Å². The molecule has 1 heterocycles. The molecule has 5 atom stereocenters. The van der Waals surface area contributed by atoms with Crippen LogP contribution < -0.4 is 23.7 Å². The van der Waals surface area contributed by atoms with E-state index in [-0.39, 0.29) is 6.07 Å². The van der Waals surface area contributed by atoms with Gasteiger partial charge in [-0.15, -0.1) is 0 Å². The first-order valence-corrected chi connectivity index (χ1v) is 33.2. The summed E-state index contributed by atoms with van der Waals surface area (Å²) in [5, 5.41) is 262. The van der Waals surface area contributed by atoms with Crippen molar-refractivity contribution >= 4 is 59.7 Å². The second-order valence-corrected chi connectivity index (χ2v) is 25.1. The predicted molar refractivity (Wildman–Crippen MR) is 383 cm³/mol. The van der Waals surface area contributed by atoms with E-state index < -0.39 is 325 Å². The highest BCUT2D eigenvalue weighted by molar-refractivity contribution is 6.02. The number of aromatic hydroxyl groups is 25. The summed E-state index contributed by atoms with van der Waals surface area (Å²) < 4.78 is 60.6. The fourth-order valence-corrected chi connectivity index (χ4v) is 10.9. The van der Waals surface area contributed by atoms with Gasteiger partial charge in [-0.3, -0.25) is 0 Å². The smallest absolute Gasteiger partial charge is 0.346 e. The molecule has 0 radical (unpaired) electrons. The molecule has 11 rings (SSSR count). The zero-order chi connectivity index (χ0) is 89.4. The minimum Gasteiger partial charge on any atom is -0.508 e. The first-order valence-electron chi connectivity index (χ1n) is 33.2. The summed E-state index contributed by atoms with van der Waals surface area (Å²) in [6.45, 7) is -1.74. The Morgan fingerprint density at radius 3 is 0.738 bits per heavy atom. The van der Waals surface area contributed by atoms with Gasteiger partial charge in [0.05, 0.1) is 50.1 Å². The quantitative estimate of drug-likeness (QED) is 0.0198. The van der Waals surface area contributed by atoms with Crippen LogP contribution >= 0.6 is 0 Å². The minimum atomic E-state index is -3.20. The Bertz CT molecular complexity index is 5970. The molecule has 0 bridgehead atoms. The van der Waals surface area contributed by atoms with Gasteiger partial charge in [0.2, 0.25) is 35.4 Å². The summed E-state index contributed by atoms with van der Waals surface area (Å²) in [5.74, 6) is -56.5. The summed E-state index contributed by atoms with van der Waals surface area (Å²) in [7, 11) is 0. The van der Waals surface area contributed by atoms with E-state index in [0.717, 1.165) is 0 Å². The highest BCUT2D eigenvalue weighted by Crippen LogP contribution is 2.48. The Balaban J connectivity index is 1.10. The SMILES string of the molecule is O=C(OCC1OC(OC(=O)c2cc(O)c(O)c(OC(=O)c3cc(O)c(O)c(O)c3)c2)C(OC(=O)c2cc(O)c(O)c(OC(=O)c3cc(O)c(O)c(O)c3)c2)C(OC(=O)c2c(O)cc(O)cc2OC(=O)c2cc(O)c(O)c(O)c2)C1OC(=O)c1cc(O)c(O)c(OC(=O)c2cc(O)c(O)c(O)c2)c1)c1cc(O)c(O)c(OC(=O)c2cc(O)c(O)c(O)c2)c1. The number of carbonyl (C=O) groups excluding carboxylic acids is 10. The maximum absolute atomic E-state index is 15.5. The molecule has 122 heavy (non-hydrogen) atoms. The van der Waals surface area contributed by atoms with Gasteiger partial charge in [0.25, 0.3) is 0 Å². The van der Waals surface area contributed by atoms with Crippen LogP contribution in [0.15, 0.2) is 121 Å². The molecule has 632 valence electrons. The number of hydrogen-bond donors (Lipinski definition) is 25. The fraction of sp³-hybridized carbons (Fsp3) is 0.0789. The summed E-state index contributed by atoms with van der Waals surface area (Å²) >= 11 is 0. The van der Waals surface area contributed by atoms with Gasteiger partial charge in [0.15, 0.2) is 150 Å². The molecule has 10 aromatic rings. The van der Waals surface area contributed by atoms with Crippen LogP contribution in [-0.2, 0) is 28.4 Å². The molecule has 25 N–H and O–H groups in total. The number of ether oxygens (including phenoxy) is 11. The Labute approximate surface area is 671 Å². The van der Waals surface area contributed by atoms with Gasteiger partial charge >= 0.3 is 59.7 Å². The molecule has 1 aliphatic rings. The van der Waals surface area contributed by atoms with Crippen LogP contribution in [0.5, 0.6) is 172 Å². The Kier molecular flexibility index (Phi) is 23.2. The summed E-state index contributed by atoms with van der Waals surface area (Å²) in [4.78, 5) is 143. The van der Waals surface area contributed by atoms with Crippen molar-refractivity contribution in [2.24, 2.45) is 0 Å². The van der Waals surface area contributed by atoms with Gasteiger partial charge < -0.3 is 180 Å². The van der Waals surface area contributed by atoms with Gasteiger partial charge in [-0.25, -0.2) is 47.9 Å². The lowest BCUT2D eigenvalue weighted by Crippen LogP contribution is -2.63. The Morgan fingerprint density at radius 1 is 0.221 bits per heavy atom. The van der Waals surface area contributed by atoms with Gasteiger partial charge in [-0.05, 0) is 109 Å². The number of hydrogen-bond acceptors (Lipinski definition) is 46. The highest BCUT2D eigenvalue weighted by Gasteiger charge is 2.56. The van der Waals surface area contributed by atoms with Crippen molar-refractivity contribution in [3.05, 3.63) is 177 Å². The van der Waals surface area contributed by atoms with E-state index in [1.165, 1.54) is 0 Å². The number of carbonyl (C=O) groups is 10. The lowest BCUT2D eigenvalue weighted by atomic mass is 9.97. The van der Waals surface area contributed by atoms with Crippen molar-refractivity contribution in [1.29, 1.82) is 0 Å². The maximum atomic E-state index is 15.5. The molecule has 1 fully saturated rings. The number of rotatable bonds is 21. The first kappa shape index (κ1) is 84.8. The lowest BCUT2D eigenvalue weighted by molar-refractivity contribution is -0.282. The highest BCUT2D eigenvalue weighted by atomic mass is 16.8. The normalized spacial score (nSPS) is 14.6. The van der Waals surface area contributed by atoms with Crippen LogP contribution in [0.25, 0.3) is 0 Å². The maximum Gasteiger partial charge on any atom is 0.346 e. The minimum absolute atomic E-state index is 0.287. The molecule has 0 amide bonds. The second-order valence-electron chi connectivity index (χ2n) is 25.1. The van der Waals surface area contributed by atoms with Gasteiger partial charge in [0.1, 0.15) is 29.8 Å². The van der Waals surface area contributed by atoms with E-state index in [4.69, 9.17) is 52.1 Å². The van der Waals surface area contributed by atoms with Crippen molar-refractivity contribution < 1.29 is 228 Å². The molecule has 5 unspecified atom stereocenters. The molecule has 46 heteroatoms. The molecule has 0 aromatic heterocycles. The third-order valence-corrected chi connectivity index (χ3v) is 16.9. The zero-order valence-electron chi connectivity index (χ0n) is 59.9. The van der Waals surface area contributed by atoms with Crippen molar-refractivity contribution in [3.63, 3.8) is 0 Å². The van der Waals surface area contributed by atoms with Crippen molar-refractivity contribution in [1.82, 2.24) is 0 Å². The standard InChI is InChI=1S/C76H52O46/c77-31-19-32(78)53(47(20-31)113-67(103)22-1-33(79)54(93)34(80)2-22)75(111)120-64-63(119-72(108)28-12-44(90)60(99)49(16-28)115-69(105)24-5-37(83)56(95)38(84)6-24)52(21-112-66(102)27-11-43(89)59(98)48(15-27)114-68(104)23-3-35(81)55(94)36(82)4-23)118-76(122-74(110)30-14-46(92)62(101)51(18-30)117-71(107)26-9-41(87)58(97)42(88)10-26)65(64)121-73(109)29-13-45(91)61(100)50(17-29)116-70(106)25-7-39(85)57(96)40(86)8-25/h1-20,52,63-65,76-101H,21H2. The van der Waals surface area contributed by atoms with Crippen molar-refractivity contribution in [3.8, 4) is 172 Å². The van der Waals surface area contributed by atoms with Crippen molar-refractivity contribution in [2.75, 3.05) is 6.61 Å². The molecule has 0 aliphatic carbocycles. The summed E-state index contributed by atoms with van der Waals surface area (Å²) in [5.41, 5.74) is -10.4. The van der Waals surface area contributed by atoms with E-state index >= 15 is 19.2 Å². The van der Waals surface area contributed by atoms with E-state index in [1.807, 2.05) is 0 Å². The number of phenolic OH excluding ortho intramolecular Hbond substituents is 25. The summed E-state index contributed by atoms with van der Waals surface area (Å²) in [6.07, 6.45) is -15.3. The van der Waals surface area contributed by atoms with Gasteiger partial charge in [-0.2, -0.15) is 0 Å². The van der Waals surface area contributed by atoms with Crippen LogP contribution in [0.4, 0.5) is 0 Å². The molecular formula is C76H52O46. The van der Waals surface area contributed by atoms with Crippen molar-refractivity contribution in [2.45, 2.75) is 30.7 Å². The molecule has 1 aliphatic heterocycles. The average molecular weight is 1700 g/mol. The summed E-state index contributed by atoms with van der Waals surface area (Å²) in [6, 6.07) is 8.38. The van der Waals surface area contributed by atoms with Crippen LogP contribution in [0.2, 0.25) is 0 Å². The molecule has 10 aromatic carbocycles. The Hall–Kier alpha value is -18.1. The largest absolute Gasteiger partial charge is 0.508 e. The van der Waals surface area contributed by atoms with E-state index in [2.05, 4.69) is 0 Å². The molecule has 0 saturated carbocycles. The zero-order valence-corrected chi connectivity index (χ0v) is 59.9. The fourth-order valence-electron chi connectivity index (χ4n) is 10.9. The monoisotopic (exact) mass is 1700 g/mol. The molecule has 0 spiro atoms. The van der Waals surface area contributed by atoms with Crippen LogP contribution in [0, 0.1) is 0 Å². The van der Waals surface area contributed by atoms with Gasteiger partial charge in [0, 0.05) is 12.1 Å². The third kappa shape index (κ3) is 17.6. The topological polar surface area (TPSA) is 778 Å². The molecule has 46 nitrogen and oxygen atoms in total.